The van der Waals surface area contributed by atoms with E-state index in [9.17, 15) is 4.79 Å². The van der Waals surface area contributed by atoms with Crippen molar-refractivity contribution < 1.29 is 4.79 Å². The van der Waals surface area contributed by atoms with Crippen molar-refractivity contribution in [3.63, 3.8) is 0 Å². The van der Waals surface area contributed by atoms with E-state index in [1.807, 2.05) is 20.8 Å². The van der Waals surface area contributed by atoms with Gasteiger partial charge in [0.1, 0.15) is 6.33 Å². The number of aromatic nitrogens is 2. The second-order valence-electron chi connectivity index (χ2n) is 3.76. The molecule has 1 amide bonds. The van der Waals surface area contributed by atoms with Crippen molar-refractivity contribution in [2.75, 3.05) is 4.90 Å². The summed E-state index contributed by atoms with van der Waals surface area (Å²) in [6.45, 7) is 5.86. The molecular weight excluding hydrogens is 190 g/mol. The lowest BCUT2D eigenvalue weighted by Gasteiger charge is -2.22. The predicted molar refractivity (Wildman–Crippen MR) is 57.4 cm³/mol. The van der Waals surface area contributed by atoms with Crippen molar-refractivity contribution in [1.82, 2.24) is 9.97 Å². The summed E-state index contributed by atoms with van der Waals surface area (Å²) in [4.78, 5) is 21.5. The van der Waals surface area contributed by atoms with Gasteiger partial charge in [0, 0.05) is 5.57 Å². The van der Waals surface area contributed by atoms with E-state index >= 15 is 0 Å². The molecule has 1 aliphatic rings. The number of hydrogen-bond acceptors (Lipinski definition) is 3. The highest BCUT2D eigenvalue weighted by atomic mass is 16.2. The lowest BCUT2D eigenvalue weighted by atomic mass is 10.1. The first-order chi connectivity index (χ1) is 7.13. The van der Waals surface area contributed by atoms with Crippen molar-refractivity contribution in [1.29, 1.82) is 0 Å². The average molecular weight is 203 g/mol. The topological polar surface area (TPSA) is 46.1 Å². The van der Waals surface area contributed by atoms with Gasteiger partial charge in [-0.05, 0) is 26.3 Å². The average Bonchev–Trinajstić information content (AvgIpc) is 2.45. The fourth-order valence-corrected chi connectivity index (χ4v) is 1.79. The maximum absolute atomic E-state index is 11.9. The van der Waals surface area contributed by atoms with E-state index in [1.165, 1.54) is 6.33 Å². The van der Waals surface area contributed by atoms with Crippen LogP contribution in [0.2, 0.25) is 0 Å². The highest BCUT2D eigenvalue weighted by Gasteiger charge is 2.32. The zero-order chi connectivity index (χ0) is 11.0. The van der Waals surface area contributed by atoms with Crippen LogP contribution in [0.3, 0.4) is 0 Å². The number of amides is 1. The molecule has 1 unspecified atom stereocenters. The molecule has 0 aromatic carbocycles. The molecule has 0 saturated carbocycles. The molecule has 2 heterocycles. The lowest BCUT2D eigenvalue weighted by Crippen LogP contribution is -2.33. The Morgan fingerprint density at radius 1 is 1.27 bits per heavy atom. The first-order valence-corrected chi connectivity index (χ1v) is 4.89. The Morgan fingerprint density at radius 3 is 2.33 bits per heavy atom. The standard InChI is InChI=1S/C11H13N3O/c1-7-8(2)11(15)14(9(7)3)10-4-12-6-13-5-10/h4-6,9H,1-3H3. The Kier molecular flexibility index (Phi) is 2.26. The second kappa shape index (κ2) is 3.46. The Hall–Kier alpha value is -1.71. The third kappa shape index (κ3) is 1.42. The number of carbonyl (C=O) groups excluding carboxylic acids is 1. The van der Waals surface area contributed by atoms with E-state index in [4.69, 9.17) is 0 Å². The van der Waals surface area contributed by atoms with Crippen LogP contribution in [0.4, 0.5) is 5.69 Å². The third-order valence-corrected chi connectivity index (χ3v) is 2.97. The van der Waals surface area contributed by atoms with Crippen molar-refractivity contribution >= 4 is 11.6 Å². The summed E-state index contributed by atoms with van der Waals surface area (Å²) in [7, 11) is 0. The molecule has 4 nitrogen and oxygen atoms in total. The number of rotatable bonds is 1. The molecule has 1 aliphatic heterocycles. The van der Waals surface area contributed by atoms with E-state index < -0.39 is 0 Å². The summed E-state index contributed by atoms with van der Waals surface area (Å²) < 4.78 is 0. The Bertz CT molecular complexity index is 425. The van der Waals surface area contributed by atoms with Crippen LogP contribution in [0.5, 0.6) is 0 Å². The van der Waals surface area contributed by atoms with Gasteiger partial charge in [-0.25, -0.2) is 9.97 Å². The molecule has 0 saturated heterocycles. The van der Waals surface area contributed by atoms with Crippen LogP contribution >= 0.6 is 0 Å². The van der Waals surface area contributed by atoms with Gasteiger partial charge < -0.3 is 0 Å². The van der Waals surface area contributed by atoms with Crippen molar-refractivity contribution in [3.8, 4) is 0 Å². The summed E-state index contributed by atoms with van der Waals surface area (Å²) in [5, 5.41) is 0. The van der Waals surface area contributed by atoms with Gasteiger partial charge in [-0.15, -0.1) is 0 Å². The van der Waals surface area contributed by atoms with Crippen LogP contribution in [0, 0.1) is 0 Å². The number of anilines is 1. The molecule has 1 aromatic rings. The van der Waals surface area contributed by atoms with Crippen LogP contribution < -0.4 is 4.90 Å². The molecule has 1 atom stereocenters. The zero-order valence-corrected chi connectivity index (χ0v) is 9.06. The minimum absolute atomic E-state index is 0.0507. The molecule has 0 bridgehead atoms. The maximum Gasteiger partial charge on any atom is 0.254 e. The van der Waals surface area contributed by atoms with Gasteiger partial charge in [-0.3, -0.25) is 9.69 Å². The number of nitrogens with zero attached hydrogens (tertiary/aromatic N) is 3. The van der Waals surface area contributed by atoms with E-state index in [0.717, 1.165) is 16.8 Å². The summed E-state index contributed by atoms with van der Waals surface area (Å²) >= 11 is 0. The van der Waals surface area contributed by atoms with Crippen LogP contribution in [-0.4, -0.2) is 21.9 Å². The molecule has 0 spiro atoms. The molecule has 0 radical (unpaired) electrons. The SMILES string of the molecule is CC1=C(C)C(C)N(c2cncnc2)C1=O. The van der Waals surface area contributed by atoms with E-state index in [1.54, 1.807) is 17.3 Å². The first kappa shape index (κ1) is 9.83. The molecule has 2 rings (SSSR count). The molecule has 1 aromatic heterocycles. The minimum Gasteiger partial charge on any atom is -0.299 e. The minimum atomic E-state index is 0.0507. The zero-order valence-electron chi connectivity index (χ0n) is 9.06. The molecule has 0 aliphatic carbocycles. The molecule has 78 valence electrons. The van der Waals surface area contributed by atoms with Crippen LogP contribution in [0.15, 0.2) is 29.9 Å². The Morgan fingerprint density at radius 2 is 1.87 bits per heavy atom. The van der Waals surface area contributed by atoms with Crippen LogP contribution in [-0.2, 0) is 4.79 Å². The molecule has 0 N–H and O–H groups in total. The fraction of sp³-hybridized carbons (Fsp3) is 0.364. The Balaban J connectivity index is 2.39. The smallest absolute Gasteiger partial charge is 0.254 e. The monoisotopic (exact) mass is 203 g/mol. The third-order valence-electron chi connectivity index (χ3n) is 2.97. The quantitative estimate of drug-likeness (QED) is 0.695. The normalized spacial score (nSPS) is 21.4. The van der Waals surface area contributed by atoms with E-state index in [-0.39, 0.29) is 11.9 Å². The Labute approximate surface area is 88.7 Å². The van der Waals surface area contributed by atoms with E-state index in [0.29, 0.717) is 0 Å². The molecular formula is C11H13N3O. The number of hydrogen-bond donors (Lipinski definition) is 0. The van der Waals surface area contributed by atoms with Gasteiger partial charge in [0.25, 0.3) is 5.91 Å². The fourth-order valence-electron chi connectivity index (χ4n) is 1.79. The van der Waals surface area contributed by atoms with E-state index in [2.05, 4.69) is 9.97 Å². The number of carbonyl (C=O) groups is 1. The van der Waals surface area contributed by atoms with Gasteiger partial charge >= 0.3 is 0 Å². The van der Waals surface area contributed by atoms with Crippen LogP contribution in [0.25, 0.3) is 0 Å². The van der Waals surface area contributed by atoms with Crippen molar-refractivity contribution in [3.05, 3.63) is 29.9 Å². The van der Waals surface area contributed by atoms with Gasteiger partial charge in [0.05, 0.1) is 24.1 Å². The second-order valence-corrected chi connectivity index (χ2v) is 3.76. The van der Waals surface area contributed by atoms with Gasteiger partial charge in [0.15, 0.2) is 0 Å². The van der Waals surface area contributed by atoms with Gasteiger partial charge in [-0.2, -0.15) is 0 Å². The summed E-state index contributed by atoms with van der Waals surface area (Å²) in [6.07, 6.45) is 4.78. The largest absolute Gasteiger partial charge is 0.299 e. The van der Waals surface area contributed by atoms with Crippen molar-refractivity contribution in [2.45, 2.75) is 26.8 Å². The maximum atomic E-state index is 11.9. The lowest BCUT2D eigenvalue weighted by molar-refractivity contribution is -0.114. The first-order valence-electron chi connectivity index (χ1n) is 4.89. The van der Waals surface area contributed by atoms with Gasteiger partial charge in [0.2, 0.25) is 0 Å². The highest BCUT2D eigenvalue weighted by Crippen LogP contribution is 2.29. The van der Waals surface area contributed by atoms with Crippen LogP contribution in [0.1, 0.15) is 20.8 Å². The molecule has 15 heavy (non-hydrogen) atoms. The molecule has 4 heteroatoms. The summed E-state index contributed by atoms with van der Waals surface area (Å²) in [5.41, 5.74) is 2.70. The highest BCUT2D eigenvalue weighted by molar-refractivity contribution is 6.09. The summed E-state index contributed by atoms with van der Waals surface area (Å²) in [5.74, 6) is 0.0507. The van der Waals surface area contributed by atoms with Gasteiger partial charge in [-0.1, -0.05) is 0 Å². The summed E-state index contributed by atoms with van der Waals surface area (Å²) in [6, 6.07) is 0.100. The predicted octanol–water partition coefficient (Wildman–Crippen LogP) is 1.55. The molecule has 0 fully saturated rings. The van der Waals surface area contributed by atoms with Crippen molar-refractivity contribution in [2.24, 2.45) is 0 Å².